The van der Waals surface area contributed by atoms with Crippen LogP contribution in [0.5, 0.6) is 0 Å². The number of nitrogens with zero attached hydrogens (tertiary/aromatic N) is 2. The standard InChI is InChI=1S/C16H21N3O2/c1-2-21-15(20)8-5-9-18-16-13(11-17)10-12-6-3-4-7-14(12)19-16/h10H,2-9H2,1H3,(H,18,19). The van der Waals surface area contributed by atoms with Crippen molar-refractivity contribution < 1.29 is 9.53 Å². The van der Waals surface area contributed by atoms with Crippen LogP contribution in [0.2, 0.25) is 0 Å². The van der Waals surface area contributed by atoms with Gasteiger partial charge in [-0.2, -0.15) is 5.26 Å². The van der Waals surface area contributed by atoms with Gasteiger partial charge in [-0.25, -0.2) is 4.98 Å². The topological polar surface area (TPSA) is 75.0 Å². The zero-order valence-electron chi connectivity index (χ0n) is 12.4. The number of fused-ring (bicyclic) bond motifs is 1. The van der Waals surface area contributed by atoms with E-state index in [0.717, 1.165) is 25.0 Å². The Morgan fingerprint density at radius 1 is 1.48 bits per heavy atom. The van der Waals surface area contributed by atoms with Crippen LogP contribution >= 0.6 is 0 Å². The van der Waals surface area contributed by atoms with E-state index in [2.05, 4.69) is 16.4 Å². The van der Waals surface area contributed by atoms with Gasteiger partial charge in [-0.15, -0.1) is 0 Å². The number of carbonyl (C=O) groups excluding carboxylic acids is 1. The lowest BCUT2D eigenvalue weighted by molar-refractivity contribution is -0.143. The van der Waals surface area contributed by atoms with E-state index in [4.69, 9.17) is 4.74 Å². The van der Waals surface area contributed by atoms with Gasteiger partial charge in [0.15, 0.2) is 0 Å². The Labute approximate surface area is 125 Å². The number of nitriles is 1. The third kappa shape index (κ3) is 4.19. The van der Waals surface area contributed by atoms with Crippen LogP contribution in [0.15, 0.2) is 6.07 Å². The first kappa shape index (κ1) is 15.3. The van der Waals surface area contributed by atoms with Gasteiger partial charge in [0, 0.05) is 18.7 Å². The SMILES string of the molecule is CCOC(=O)CCCNc1nc2c(cc1C#N)CCCC2. The molecule has 5 heteroatoms. The Morgan fingerprint density at radius 2 is 2.29 bits per heavy atom. The summed E-state index contributed by atoms with van der Waals surface area (Å²) in [6.07, 6.45) is 5.38. The van der Waals surface area contributed by atoms with Gasteiger partial charge in [0.1, 0.15) is 11.9 Å². The first-order chi connectivity index (χ1) is 10.2. The number of pyridine rings is 1. The monoisotopic (exact) mass is 287 g/mol. The van der Waals surface area contributed by atoms with Crippen LogP contribution in [0.25, 0.3) is 0 Å². The minimum absolute atomic E-state index is 0.182. The fraction of sp³-hybridized carbons (Fsp3) is 0.562. The molecule has 0 spiro atoms. The average molecular weight is 287 g/mol. The summed E-state index contributed by atoms with van der Waals surface area (Å²) in [5, 5.41) is 12.4. The van der Waals surface area contributed by atoms with Crippen molar-refractivity contribution in [1.29, 1.82) is 5.26 Å². The van der Waals surface area contributed by atoms with Gasteiger partial charge in [0.05, 0.1) is 12.2 Å². The molecule has 1 aromatic heterocycles. The molecule has 0 unspecified atom stereocenters. The summed E-state index contributed by atoms with van der Waals surface area (Å²) >= 11 is 0. The van der Waals surface area contributed by atoms with E-state index in [1.807, 2.05) is 6.07 Å². The molecule has 0 fully saturated rings. The predicted octanol–water partition coefficient (Wildman–Crippen LogP) is 2.59. The molecule has 1 N–H and O–H groups in total. The van der Waals surface area contributed by atoms with Crippen LogP contribution < -0.4 is 5.32 Å². The first-order valence-corrected chi connectivity index (χ1v) is 7.57. The molecule has 1 heterocycles. The molecule has 0 saturated carbocycles. The van der Waals surface area contributed by atoms with Crippen LogP contribution in [0, 0.1) is 11.3 Å². The van der Waals surface area contributed by atoms with Gasteiger partial charge < -0.3 is 10.1 Å². The van der Waals surface area contributed by atoms with Gasteiger partial charge in [-0.05, 0) is 50.7 Å². The summed E-state index contributed by atoms with van der Waals surface area (Å²) in [5.74, 6) is 0.459. The second kappa shape index (κ2) is 7.63. The molecule has 1 aliphatic rings. The van der Waals surface area contributed by atoms with E-state index in [1.165, 1.54) is 12.0 Å². The molecule has 0 atom stereocenters. The van der Waals surface area contributed by atoms with Crippen LogP contribution in [0.1, 0.15) is 49.4 Å². The van der Waals surface area contributed by atoms with Crippen molar-refractivity contribution in [2.45, 2.75) is 45.4 Å². The van der Waals surface area contributed by atoms with Crippen LogP contribution in [-0.4, -0.2) is 24.1 Å². The Hall–Kier alpha value is -2.09. The lowest BCUT2D eigenvalue weighted by Crippen LogP contribution is -2.13. The molecule has 1 aliphatic carbocycles. The van der Waals surface area contributed by atoms with Gasteiger partial charge in [-0.3, -0.25) is 4.79 Å². The van der Waals surface area contributed by atoms with Crippen molar-refractivity contribution in [3.05, 3.63) is 22.9 Å². The van der Waals surface area contributed by atoms with Gasteiger partial charge in [-0.1, -0.05) is 0 Å². The molecule has 112 valence electrons. The zero-order valence-corrected chi connectivity index (χ0v) is 12.4. The Balaban J connectivity index is 1.93. The number of aryl methyl sites for hydroxylation is 2. The van der Waals surface area contributed by atoms with E-state index in [0.29, 0.717) is 37.4 Å². The number of ether oxygens (including phenoxy) is 1. The van der Waals surface area contributed by atoms with E-state index < -0.39 is 0 Å². The number of esters is 1. The van der Waals surface area contributed by atoms with Gasteiger partial charge in [0.2, 0.25) is 0 Å². The number of hydrogen-bond donors (Lipinski definition) is 1. The lowest BCUT2D eigenvalue weighted by Gasteiger charge is -2.17. The number of aromatic nitrogens is 1. The summed E-state index contributed by atoms with van der Waals surface area (Å²) in [7, 11) is 0. The highest BCUT2D eigenvalue weighted by Gasteiger charge is 2.14. The molecule has 0 radical (unpaired) electrons. The van der Waals surface area contributed by atoms with Crippen LogP contribution in [-0.2, 0) is 22.4 Å². The summed E-state index contributed by atoms with van der Waals surface area (Å²) < 4.78 is 4.88. The maximum Gasteiger partial charge on any atom is 0.305 e. The molecular weight excluding hydrogens is 266 g/mol. The maximum absolute atomic E-state index is 11.3. The highest BCUT2D eigenvalue weighted by molar-refractivity contribution is 5.69. The number of anilines is 1. The quantitative estimate of drug-likeness (QED) is 0.643. The minimum atomic E-state index is -0.182. The van der Waals surface area contributed by atoms with Crippen LogP contribution in [0.3, 0.4) is 0 Å². The second-order valence-electron chi connectivity index (χ2n) is 5.14. The zero-order chi connectivity index (χ0) is 15.1. The largest absolute Gasteiger partial charge is 0.466 e. The molecule has 2 rings (SSSR count). The molecule has 5 nitrogen and oxygen atoms in total. The molecule has 0 bridgehead atoms. The summed E-state index contributed by atoms with van der Waals surface area (Å²) in [5.41, 5.74) is 2.90. The highest BCUT2D eigenvalue weighted by Crippen LogP contribution is 2.24. The van der Waals surface area contributed by atoms with Crippen molar-refractivity contribution in [2.75, 3.05) is 18.5 Å². The Bertz CT molecular complexity index is 549. The maximum atomic E-state index is 11.3. The van der Waals surface area contributed by atoms with Crippen molar-refractivity contribution in [3.63, 3.8) is 0 Å². The van der Waals surface area contributed by atoms with Crippen molar-refractivity contribution >= 4 is 11.8 Å². The van der Waals surface area contributed by atoms with Gasteiger partial charge in [0.25, 0.3) is 0 Å². The third-order valence-electron chi connectivity index (χ3n) is 3.58. The summed E-state index contributed by atoms with van der Waals surface area (Å²) in [6, 6.07) is 4.15. The van der Waals surface area contributed by atoms with E-state index >= 15 is 0 Å². The normalized spacial score (nSPS) is 13.1. The molecule has 21 heavy (non-hydrogen) atoms. The number of hydrogen-bond acceptors (Lipinski definition) is 5. The van der Waals surface area contributed by atoms with Crippen molar-refractivity contribution in [3.8, 4) is 6.07 Å². The average Bonchev–Trinajstić information content (AvgIpc) is 2.51. The predicted molar refractivity (Wildman–Crippen MR) is 80.0 cm³/mol. The fourth-order valence-electron chi connectivity index (χ4n) is 2.53. The minimum Gasteiger partial charge on any atom is -0.466 e. The Kier molecular flexibility index (Phi) is 5.56. The Morgan fingerprint density at radius 3 is 3.05 bits per heavy atom. The lowest BCUT2D eigenvalue weighted by atomic mass is 9.95. The summed E-state index contributed by atoms with van der Waals surface area (Å²) in [6.45, 7) is 2.82. The first-order valence-electron chi connectivity index (χ1n) is 7.57. The highest BCUT2D eigenvalue weighted by atomic mass is 16.5. The van der Waals surface area contributed by atoms with Crippen LogP contribution in [0.4, 0.5) is 5.82 Å². The molecule has 0 aliphatic heterocycles. The summed E-state index contributed by atoms with van der Waals surface area (Å²) in [4.78, 5) is 15.8. The number of carbonyl (C=O) groups is 1. The van der Waals surface area contributed by atoms with Crippen molar-refractivity contribution in [2.24, 2.45) is 0 Å². The third-order valence-corrected chi connectivity index (χ3v) is 3.58. The van der Waals surface area contributed by atoms with E-state index in [9.17, 15) is 10.1 Å². The fourth-order valence-corrected chi connectivity index (χ4v) is 2.53. The molecule has 0 aromatic carbocycles. The molecular formula is C16H21N3O2. The van der Waals surface area contributed by atoms with E-state index in [-0.39, 0.29) is 5.97 Å². The van der Waals surface area contributed by atoms with E-state index in [1.54, 1.807) is 6.92 Å². The molecule has 0 saturated heterocycles. The van der Waals surface area contributed by atoms with Crippen molar-refractivity contribution in [1.82, 2.24) is 4.98 Å². The smallest absolute Gasteiger partial charge is 0.305 e. The molecule has 1 aromatic rings. The second-order valence-corrected chi connectivity index (χ2v) is 5.14. The van der Waals surface area contributed by atoms with Gasteiger partial charge >= 0.3 is 5.97 Å². The number of nitrogens with one attached hydrogen (secondary N) is 1. The molecule has 0 amide bonds. The number of rotatable bonds is 6.